The summed E-state index contributed by atoms with van der Waals surface area (Å²) in [6.45, 7) is 0.318. The number of phenolic OH excluding ortho intramolecular Hbond substituents is 1. The van der Waals surface area contributed by atoms with Crippen LogP contribution in [0.5, 0.6) is 5.75 Å². The third-order valence-corrected chi connectivity index (χ3v) is 5.13. The Morgan fingerprint density at radius 2 is 1.74 bits per heavy atom. The molecule has 4 rings (SSSR count). The zero-order valence-corrected chi connectivity index (χ0v) is 17.5. The van der Waals surface area contributed by atoms with Gasteiger partial charge in [-0.25, -0.2) is 10.2 Å². The number of aromatic hydroxyl groups is 1. The van der Waals surface area contributed by atoms with Crippen molar-refractivity contribution in [3.63, 3.8) is 0 Å². The number of aryl methyl sites for hydroxylation is 1. The molecule has 9 nitrogen and oxygen atoms in total. The smallest absolute Gasteiger partial charge is 0.332 e. The molecule has 2 heterocycles. The van der Waals surface area contributed by atoms with Crippen LogP contribution in [0.4, 0.5) is 5.95 Å². The van der Waals surface area contributed by atoms with Crippen LogP contribution in [-0.4, -0.2) is 30.0 Å². The number of nitrogens with zero attached hydrogens (tertiary/aromatic N) is 5. The van der Waals surface area contributed by atoms with Crippen LogP contribution in [0.15, 0.2) is 63.2 Å². The van der Waals surface area contributed by atoms with Crippen LogP contribution in [0.3, 0.4) is 0 Å². The molecule has 0 aliphatic rings. The van der Waals surface area contributed by atoms with E-state index in [4.69, 9.17) is 11.6 Å². The van der Waals surface area contributed by atoms with Gasteiger partial charge in [0.2, 0.25) is 5.95 Å². The maximum Gasteiger partial charge on any atom is 0.332 e. The number of aromatic nitrogens is 4. The van der Waals surface area contributed by atoms with Crippen molar-refractivity contribution < 1.29 is 5.11 Å². The number of halogens is 1. The summed E-state index contributed by atoms with van der Waals surface area (Å²) in [4.78, 5) is 29.7. The largest absolute Gasteiger partial charge is 0.508 e. The van der Waals surface area contributed by atoms with Gasteiger partial charge in [0, 0.05) is 19.1 Å². The van der Waals surface area contributed by atoms with E-state index >= 15 is 0 Å². The van der Waals surface area contributed by atoms with E-state index in [-0.39, 0.29) is 16.9 Å². The van der Waals surface area contributed by atoms with E-state index in [1.54, 1.807) is 54.2 Å². The van der Waals surface area contributed by atoms with Gasteiger partial charge in [0.1, 0.15) is 5.75 Å². The Balaban J connectivity index is 1.80. The molecule has 0 spiro atoms. The van der Waals surface area contributed by atoms with Crippen LogP contribution in [0, 0.1) is 0 Å². The third-order valence-electron chi connectivity index (χ3n) is 4.87. The lowest BCUT2D eigenvalue weighted by molar-refractivity contribution is 0.475. The minimum atomic E-state index is -0.465. The van der Waals surface area contributed by atoms with Crippen LogP contribution in [0.1, 0.15) is 11.1 Å². The van der Waals surface area contributed by atoms with Crippen molar-refractivity contribution >= 4 is 34.9 Å². The van der Waals surface area contributed by atoms with Crippen LogP contribution in [0.25, 0.3) is 11.2 Å². The second-order valence-electron chi connectivity index (χ2n) is 6.99. The first-order valence-corrected chi connectivity index (χ1v) is 9.72. The van der Waals surface area contributed by atoms with E-state index in [0.29, 0.717) is 17.5 Å². The summed E-state index contributed by atoms with van der Waals surface area (Å²) < 4.78 is 4.05. The Kier molecular flexibility index (Phi) is 5.35. The van der Waals surface area contributed by atoms with Gasteiger partial charge in [-0.15, -0.1) is 0 Å². The lowest BCUT2D eigenvalue weighted by atomic mass is 10.2. The van der Waals surface area contributed by atoms with Crippen molar-refractivity contribution in [3.8, 4) is 5.75 Å². The molecule has 0 aliphatic carbocycles. The molecule has 158 valence electrons. The van der Waals surface area contributed by atoms with Crippen LogP contribution in [-0.2, 0) is 20.6 Å². The highest BCUT2D eigenvalue weighted by Gasteiger charge is 2.19. The number of phenols is 1. The summed E-state index contributed by atoms with van der Waals surface area (Å²) in [7, 11) is 2.99. The van der Waals surface area contributed by atoms with Gasteiger partial charge in [0.15, 0.2) is 11.2 Å². The van der Waals surface area contributed by atoms with E-state index < -0.39 is 11.2 Å². The van der Waals surface area contributed by atoms with Gasteiger partial charge in [0.25, 0.3) is 5.56 Å². The van der Waals surface area contributed by atoms with Gasteiger partial charge in [-0.05, 0) is 47.5 Å². The summed E-state index contributed by atoms with van der Waals surface area (Å²) >= 11 is 5.98. The maximum absolute atomic E-state index is 12.9. The second kappa shape index (κ2) is 8.11. The molecule has 0 saturated heterocycles. The van der Waals surface area contributed by atoms with Gasteiger partial charge in [-0.2, -0.15) is 10.1 Å². The van der Waals surface area contributed by atoms with Gasteiger partial charge in [-0.1, -0.05) is 23.7 Å². The van der Waals surface area contributed by atoms with Crippen molar-refractivity contribution in [1.29, 1.82) is 0 Å². The number of benzene rings is 2. The molecule has 4 aromatic rings. The highest BCUT2D eigenvalue weighted by molar-refractivity contribution is 6.30. The molecule has 0 radical (unpaired) electrons. The Morgan fingerprint density at radius 3 is 2.42 bits per heavy atom. The molecule has 0 fully saturated rings. The number of nitrogens with one attached hydrogen (secondary N) is 1. The van der Waals surface area contributed by atoms with Crippen molar-refractivity contribution in [2.24, 2.45) is 19.2 Å². The average molecular weight is 439 g/mol. The molecule has 0 unspecified atom stereocenters. The predicted octanol–water partition coefficient (Wildman–Crippen LogP) is 2.29. The first kappa shape index (κ1) is 20.4. The Hall–Kier alpha value is -3.85. The van der Waals surface area contributed by atoms with E-state index in [0.717, 1.165) is 15.7 Å². The topological polar surface area (TPSA) is 106 Å². The Bertz CT molecular complexity index is 1400. The zero-order chi connectivity index (χ0) is 22.1. The number of hydrogen-bond donors (Lipinski definition) is 2. The number of fused-ring (bicyclic) bond motifs is 1. The van der Waals surface area contributed by atoms with Gasteiger partial charge >= 0.3 is 5.69 Å². The molecule has 2 N–H and O–H groups in total. The van der Waals surface area contributed by atoms with E-state index in [1.165, 1.54) is 11.6 Å². The number of hydrazone groups is 1. The maximum atomic E-state index is 12.9. The number of anilines is 1. The van der Waals surface area contributed by atoms with Crippen molar-refractivity contribution in [3.05, 3.63) is 85.5 Å². The molecular weight excluding hydrogens is 420 g/mol. The van der Waals surface area contributed by atoms with Gasteiger partial charge < -0.3 is 5.11 Å². The third kappa shape index (κ3) is 3.95. The summed E-state index contributed by atoms with van der Waals surface area (Å²) in [5.74, 6) is 0.463. The van der Waals surface area contributed by atoms with Crippen molar-refractivity contribution in [2.45, 2.75) is 6.54 Å². The molecule has 0 amide bonds. The fraction of sp³-hybridized carbons (Fsp3) is 0.143. The second-order valence-corrected chi connectivity index (χ2v) is 7.42. The molecule has 2 aromatic heterocycles. The summed E-state index contributed by atoms with van der Waals surface area (Å²) in [6, 6.07) is 13.7. The number of rotatable bonds is 5. The van der Waals surface area contributed by atoms with Crippen LogP contribution in [0.2, 0.25) is 5.02 Å². The highest BCUT2D eigenvalue weighted by Crippen LogP contribution is 2.19. The van der Waals surface area contributed by atoms with Gasteiger partial charge in [0.05, 0.1) is 12.8 Å². The fourth-order valence-electron chi connectivity index (χ4n) is 3.18. The van der Waals surface area contributed by atoms with Crippen molar-refractivity contribution in [2.75, 3.05) is 5.43 Å². The Labute approximate surface area is 181 Å². The molecule has 0 aliphatic heterocycles. The molecule has 0 saturated carbocycles. The summed E-state index contributed by atoms with van der Waals surface area (Å²) in [5, 5.41) is 14.2. The van der Waals surface area contributed by atoms with Gasteiger partial charge in [-0.3, -0.25) is 18.5 Å². The normalized spacial score (nSPS) is 11.5. The highest BCUT2D eigenvalue weighted by atomic mass is 35.5. The van der Waals surface area contributed by atoms with E-state index in [9.17, 15) is 14.7 Å². The number of imidazole rings is 1. The minimum Gasteiger partial charge on any atom is -0.508 e. The van der Waals surface area contributed by atoms with Crippen LogP contribution < -0.4 is 16.7 Å². The summed E-state index contributed by atoms with van der Waals surface area (Å²) in [5.41, 5.74) is 4.13. The SMILES string of the molecule is Cn1c(=O)c2c(nc(N/N=C/c3ccc(O)cc3)n2Cc2ccc(Cl)cc2)n(C)c1=O. The molecule has 0 atom stereocenters. The summed E-state index contributed by atoms with van der Waals surface area (Å²) in [6.07, 6.45) is 1.56. The fourth-order valence-corrected chi connectivity index (χ4v) is 3.31. The first-order chi connectivity index (χ1) is 14.8. The monoisotopic (exact) mass is 438 g/mol. The molecular formula is C21H19ClN6O3. The first-order valence-electron chi connectivity index (χ1n) is 9.34. The standard InChI is InChI=1S/C21H19ClN6O3/c1-26-18-17(19(30)27(2)21(26)31)28(12-14-3-7-15(22)8-4-14)20(24-18)25-23-11-13-5-9-16(29)10-6-13/h3-11,29H,12H2,1-2H3,(H,24,25)/b23-11+. The molecule has 31 heavy (non-hydrogen) atoms. The molecule has 0 bridgehead atoms. The van der Waals surface area contributed by atoms with Crippen molar-refractivity contribution in [1.82, 2.24) is 18.7 Å². The predicted molar refractivity (Wildman–Crippen MR) is 120 cm³/mol. The minimum absolute atomic E-state index is 0.159. The lowest BCUT2D eigenvalue weighted by Crippen LogP contribution is -2.37. The van der Waals surface area contributed by atoms with E-state index in [1.807, 2.05) is 12.1 Å². The zero-order valence-electron chi connectivity index (χ0n) is 16.8. The molecule has 2 aromatic carbocycles. The average Bonchev–Trinajstić information content (AvgIpc) is 3.12. The Morgan fingerprint density at radius 1 is 1.06 bits per heavy atom. The quantitative estimate of drug-likeness (QED) is 0.367. The lowest BCUT2D eigenvalue weighted by Gasteiger charge is -2.09. The van der Waals surface area contributed by atoms with Crippen LogP contribution >= 0.6 is 11.6 Å². The molecule has 10 heteroatoms. The van der Waals surface area contributed by atoms with E-state index in [2.05, 4.69) is 15.5 Å². The number of hydrogen-bond acceptors (Lipinski definition) is 6.